The number of rotatable bonds is 0. The van der Waals surface area contributed by atoms with Crippen LogP contribution in [0.25, 0.3) is 10.2 Å². The second-order valence-electron chi connectivity index (χ2n) is 6.95. The molecule has 5 heterocycles. The molecule has 0 atom stereocenters. The summed E-state index contributed by atoms with van der Waals surface area (Å²) in [7, 11) is 0. The van der Waals surface area contributed by atoms with E-state index in [2.05, 4.69) is 24.8 Å². The molecule has 5 nitrogen and oxygen atoms in total. The average Bonchev–Trinajstić information content (AvgIpc) is 2.90. The van der Waals surface area contributed by atoms with Crippen LogP contribution in [0.2, 0.25) is 0 Å². The number of ether oxygens (including phenoxy) is 1. The molecule has 2 aromatic heterocycles. The number of pyridine rings is 1. The molecule has 0 N–H and O–H groups in total. The molecular weight excluding hydrogens is 308 g/mol. The second kappa shape index (κ2) is 4.61. The number of fused-ring (bicyclic) bond motifs is 6. The first kappa shape index (κ1) is 13.6. The highest BCUT2D eigenvalue weighted by molar-refractivity contribution is 7.21. The molecule has 23 heavy (non-hydrogen) atoms. The highest BCUT2D eigenvalue weighted by Crippen LogP contribution is 2.42. The van der Waals surface area contributed by atoms with Gasteiger partial charge in [0.15, 0.2) is 0 Å². The number of aromatic nitrogens is 1. The van der Waals surface area contributed by atoms with Crippen LogP contribution in [0, 0.1) is 0 Å². The minimum Gasteiger partial charge on any atom is -0.370 e. The fourth-order valence-corrected chi connectivity index (χ4v) is 4.59. The summed E-state index contributed by atoms with van der Waals surface area (Å²) in [5.74, 6) is 1.07. The zero-order chi connectivity index (χ0) is 15.6. The molecule has 0 saturated heterocycles. The van der Waals surface area contributed by atoms with Crippen LogP contribution < -0.4 is 0 Å². The Bertz CT molecular complexity index is 880. The van der Waals surface area contributed by atoms with Crippen LogP contribution in [0.15, 0.2) is 16.1 Å². The van der Waals surface area contributed by atoms with Gasteiger partial charge in [0.2, 0.25) is 0 Å². The van der Waals surface area contributed by atoms with Gasteiger partial charge in [0.05, 0.1) is 34.8 Å². The zero-order valence-electron chi connectivity index (χ0n) is 13.3. The molecule has 0 bridgehead atoms. The Kier molecular flexibility index (Phi) is 2.73. The van der Waals surface area contributed by atoms with Crippen molar-refractivity contribution >= 4 is 39.4 Å². The minimum absolute atomic E-state index is 0.132. The molecule has 3 aliphatic heterocycles. The standard InChI is InChI=1S/C17H18N4OS/c1-17(2)7-12-10(8-22-17)6-11-13-14(23-16(11)20-12)15-18-4-3-5-21(15)9-19-13/h6,9H,3-5,7-8H2,1-2H3. The van der Waals surface area contributed by atoms with Gasteiger partial charge in [0, 0.05) is 30.5 Å². The van der Waals surface area contributed by atoms with Crippen LogP contribution >= 0.6 is 11.3 Å². The van der Waals surface area contributed by atoms with E-state index in [9.17, 15) is 0 Å². The normalized spacial score (nSPS) is 21.7. The predicted octanol–water partition coefficient (Wildman–Crippen LogP) is 3.27. The lowest BCUT2D eigenvalue weighted by atomic mass is 9.95. The van der Waals surface area contributed by atoms with E-state index in [1.807, 2.05) is 6.34 Å². The topological polar surface area (TPSA) is 50.1 Å². The smallest absolute Gasteiger partial charge is 0.148 e. The van der Waals surface area contributed by atoms with Crippen LogP contribution in [-0.2, 0) is 17.8 Å². The predicted molar refractivity (Wildman–Crippen MR) is 93.1 cm³/mol. The first-order valence-electron chi connectivity index (χ1n) is 8.06. The Labute approximate surface area is 138 Å². The zero-order valence-corrected chi connectivity index (χ0v) is 14.1. The van der Waals surface area contributed by atoms with Gasteiger partial charge in [0.1, 0.15) is 10.7 Å². The fourth-order valence-electron chi connectivity index (χ4n) is 3.44. The Morgan fingerprint density at radius 3 is 3.17 bits per heavy atom. The number of hydrogen-bond acceptors (Lipinski definition) is 6. The van der Waals surface area contributed by atoms with E-state index in [1.165, 1.54) is 11.3 Å². The van der Waals surface area contributed by atoms with E-state index < -0.39 is 0 Å². The quantitative estimate of drug-likeness (QED) is 0.746. The lowest BCUT2D eigenvalue weighted by Crippen LogP contribution is -2.36. The molecule has 0 unspecified atom stereocenters. The summed E-state index contributed by atoms with van der Waals surface area (Å²) in [6.07, 6.45) is 3.87. The van der Waals surface area contributed by atoms with Crippen molar-refractivity contribution in [2.75, 3.05) is 13.1 Å². The van der Waals surface area contributed by atoms with E-state index in [-0.39, 0.29) is 5.60 Å². The van der Waals surface area contributed by atoms with Crippen molar-refractivity contribution in [3.8, 4) is 0 Å². The van der Waals surface area contributed by atoms with Crippen LogP contribution in [0.1, 0.15) is 36.4 Å². The minimum atomic E-state index is -0.132. The summed E-state index contributed by atoms with van der Waals surface area (Å²) >= 11 is 1.72. The summed E-state index contributed by atoms with van der Waals surface area (Å²) in [4.78, 5) is 18.7. The number of nitrogens with zero attached hydrogens (tertiary/aromatic N) is 4. The highest BCUT2D eigenvalue weighted by atomic mass is 32.1. The first-order valence-corrected chi connectivity index (χ1v) is 8.87. The van der Waals surface area contributed by atoms with Gasteiger partial charge in [-0.05, 0) is 26.3 Å². The molecule has 0 spiro atoms. The van der Waals surface area contributed by atoms with E-state index in [1.54, 1.807) is 11.3 Å². The van der Waals surface area contributed by atoms with Gasteiger partial charge >= 0.3 is 0 Å². The van der Waals surface area contributed by atoms with E-state index >= 15 is 0 Å². The van der Waals surface area contributed by atoms with Crippen LogP contribution in [0.3, 0.4) is 0 Å². The lowest BCUT2D eigenvalue weighted by Gasteiger charge is -2.31. The third-order valence-corrected chi connectivity index (χ3v) is 5.74. The number of aliphatic imine (C=N–C) groups is 2. The number of hydrogen-bond donors (Lipinski definition) is 0. The lowest BCUT2D eigenvalue weighted by molar-refractivity contribution is -0.0411. The maximum Gasteiger partial charge on any atom is 0.148 e. The third kappa shape index (κ3) is 2.05. The molecule has 0 amide bonds. The molecule has 0 aromatic carbocycles. The summed E-state index contributed by atoms with van der Waals surface area (Å²) in [6.45, 7) is 6.79. The van der Waals surface area contributed by atoms with E-state index in [0.717, 1.165) is 52.5 Å². The molecule has 3 aliphatic rings. The van der Waals surface area contributed by atoms with Gasteiger partial charge in [-0.15, -0.1) is 11.3 Å². The summed E-state index contributed by atoms with van der Waals surface area (Å²) in [6, 6.07) is 2.22. The maximum atomic E-state index is 5.94. The Morgan fingerprint density at radius 1 is 1.35 bits per heavy atom. The first-order chi connectivity index (χ1) is 11.1. The van der Waals surface area contributed by atoms with Crippen molar-refractivity contribution in [3.63, 3.8) is 0 Å². The Balaban J connectivity index is 1.70. The second-order valence-corrected chi connectivity index (χ2v) is 7.95. The van der Waals surface area contributed by atoms with Crippen LogP contribution in [0.5, 0.6) is 0 Å². The Hall–Kier alpha value is -1.79. The fraction of sp³-hybridized carbons (Fsp3) is 0.471. The van der Waals surface area contributed by atoms with E-state index in [0.29, 0.717) is 6.61 Å². The van der Waals surface area contributed by atoms with Gasteiger partial charge in [-0.1, -0.05) is 0 Å². The maximum absolute atomic E-state index is 5.94. The molecule has 2 aromatic rings. The van der Waals surface area contributed by atoms with Crippen molar-refractivity contribution in [1.29, 1.82) is 0 Å². The van der Waals surface area contributed by atoms with Crippen molar-refractivity contribution in [2.24, 2.45) is 9.98 Å². The highest BCUT2D eigenvalue weighted by Gasteiger charge is 2.30. The Morgan fingerprint density at radius 2 is 2.26 bits per heavy atom. The third-order valence-electron chi connectivity index (χ3n) is 4.66. The van der Waals surface area contributed by atoms with Crippen LogP contribution in [-0.4, -0.2) is 40.7 Å². The monoisotopic (exact) mass is 326 g/mol. The molecule has 118 valence electrons. The molecule has 0 aliphatic carbocycles. The van der Waals surface area contributed by atoms with Gasteiger partial charge in [-0.25, -0.2) is 9.98 Å². The number of thiophene rings is 1. The summed E-state index contributed by atoms with van der Waals surface area (Å²) in [5, 5.41) is 1.14. The molecule has 0 saturated carbocycles. The van der Waals surface area contributed by atoms with E-state index in [4.69, 9.17) is 19.7 Å². The molecule has 6 heteroatoms. The van der Waals surface area contributed by atoms with Gasteiger partial charge in [-0.3, -0.25) is 4.99 Å². The SMILES string of the molecule is CC1(C)Cc2nc3sc4c(c3cc2CO1)N=CN1CCCN=C41. The van der Waals surface area contributed by atoms with Gasteiger partial charge < -0.3 is 9.64 Å². The van der Waals surface area contributed by atoms with Gasteiger partial charge in [-0.2, -0.15) is 0 Å². The van der Waals surface area contributed by atoms with Crippen LogP contribution in [0.4, 0.5) is 5.69 Å². The molecular formula is C17H18N4OS. The molecule has 5 rings (SSSR count). The average molecular weight is 326 g/mol. The van der Waals surface area contributed by atoms with Crippen molar-refractivity contribution < 1.29 is 4.74 Å². The van der Waals surface area contributed by atoms with Crippen molar-refractivity contribution in [2.45, 2.75) is 38.9 Å². The number of amidine groups is 1. The van der Waals surface area contributed by atoms with Crippen molar-refractivity contribution in [3.05, 3.63) is 22.2 Å². The summed E-state index contributed by atoms with van der Waals surface area (Å²) < 4.78 is 5.94. The molecule has 0 fully saturated rings. The summed E-state index contributed by atoms with van der Waals surface area (Å²) in [5.41, 5.74) is 3.26. The largest absolute Gasteiger partial charge is 0.370 e. The van der Waals surface area contributed by atoms with Gasteiger partial charge in [0.25, 0.3) is 0 Å². The molecule has 0 radical (unpaired) electrons. The van der Waals surface area contributed by atoms with Crippen molar-refractivity contribution in [1.82, 2.24) is 9.88 Å².